The predicted octanol–water partition coefficient (Wildman–Crippen LogP) is 2.35. The average molecular weight is 320 g/mol. The molecule has 3 rings (SSSR count). The minimum atomic E-state index is -0.830. The minimum absolute atomic E-state index is 0.222. The number of carbonyl (C=O) groups excluding carboxylic acids is 1. The fraction of sp³-hybridized carbons (Fsp3) is 0.688. The Morgan fingerprint density at radius 1 is 1.39 bits per heavy atom. The van der Waals surface area contributed by atoms with E-state index in [1.807, 2.05) is 4.68 Å². The summed E-state index contributed by atoms with van der Waals surface area (Å²) < 4.78 is 2.00. The molecule has 1 aromatic rings. The Morgan fingerprint density at radius 2 is 2.13 bits per heavy atom. The molecule has 1 unspecified atom stereocenters. The zero-order chi connectivity index (χ0) is 16.6. The topological polar surface area (TPSA) is 87.5 Å². The van der Waals surface area contributed by atoms with Crippen LogP contribution in [-0.4, -0.2) is 44.9 Å². The third-order valence-corrected chi connectivity index (χ3v) is 4.45. The fourth-order valence-corrected chi connectivity index (χ4v) is 3.11. The van der Waals surface area contributed by atoms with Gasteiger partial charge in [0, 0.05) is 25.6 Å². The van der Waals surface area contributed by atoms with Crippen molar-refractivity contribution in [3.05, 3.63) is 11.9 Å². The van der Waals surface area contributed by atoms with E-state index >= 15 is 0 Å². The molecule has 1 saturated heterocycles. The second-order valence-corrected chi connectivity index (χ2v) is 6.99. The third kappa shape index (κ3) is 3.48. The third-order valence-electron chi connectivity index (χ3n) is 4.45. The number of anilines is 1. The average Bonchev–Trinajstić information content (AvgIpc) is 3.05. The van der Waals surface area contributed by atoms with Crippen molar-refractivity contribution in [1.82, 2.24) is 14.7 Å². The van der Waals surface area contributed by atoms with Crippen LogP contribution in [0, 0.1) is 11.8 Å². The lowest BCUT2D eigenvalue weighted by atomic mass is 10.1. The summed E-state index contributed by atoms with van der Waals surface area (Å²) in [5.41, 5.74) is 1.89. The van der Waals surface area contributed by atoms with Crippen LogP contribution < -0.4 is 5.32 Å². The standard InChI is InChI=1S/C16H24N4O3/c1-10(2)8-20-14(11-3-4-11)13(7-17-20)18-16(23)19-6-5-12(9-19)15(21)22/h7,10-12H,3-6,8-9H2,1-2H3,(H,18,23)(H,21,22). The molecule has 1 aliphatic carbocycles. The van der Waals surface area contributed by atoms with Crippen molar-refractivity contribution in [2.75, 3.05) is 18.4 Å². The van der Waals surface area contributed by atoms with E-state index < -0.39 is 11.9 Å². The van der Waals surface area contributed by atoms with Crippen molar-refractivity contribution in [2.45, 2.75) is 45.6 Å². The van der Waals surface area contributed by atoms with Crippen molar-refractivity contribution >= 4 is 17.7 Å². The molecule has 2 heterocycles. The van der Waals surface area contributed by atoms with Gasteiger partial charge in [-0.25, -0.2) is 4.79 Å². The number of aliphatic carboxylic acids is 1. The summed E-state index contributed by atoms with van der Waals surface area (Å²) in [6.45, 7) is 5.90. The maximum absolute atomic E-state index is 12.4. The highest BCUT2D eigenvalue weighted by atomic mass is 16.4. The number of urea groups is 1. The monoisotopic (exact) mass is 320 g/mol. The van der Waals surface area contributed by atoms with Crippen LogP contribution in [0.1, 0.15) is 44.7 Å². The molecule has 1 atom stereocenters. The molecule has 1 aromatic heterocycles. The normalized spacial score (nSPS) is 21.0. The first kappa shape index (κ1) is 15.8. The van der Waals surface area contributed by atoms with E-state index in [1.54, 1.807) is 11.1 Å². The number of carbonyl (C=O) groups is 2. The van der Waals surface area contributed by atoms with Gasteiger partial charge in [-0.15, -0.1) is 0 Å². The Bertz CT molecular complexity index is 606. The van der Waals surface area contributed by atoms with Crippen LogP contribution in [0.3, 0.4) is 0 Å². The van der Waals surface area contributed by atoms with Crippen LogP contribution >= 0.6 is 0 Å². The largest absolute Gasteiger partial charge is 0.481 e. The summed E-state index contributed by atoms with van der Waals surface area (Å²) in [4.78, 5) is 25.0. The van der Waals surface area contributed by atoms with E-state index in [-0.39, 0.29) is 12.6 Å². The van der Waals surface area contributed by atoms with Gasteiger partial charge in [0.1, 0.15) is 0 Å². The number of nitrogens with one attached hydrogen (secondary N) is 1. The zero-order valence-corrected chi connectivity index (χ0v) is 13.7. The van der Waals surface area contributed by atoms with E-state index in [0.29, 0.717) is 24.8 Å². The number of aromatic nitrogens is 2. The number of carboxylic acid groups (broad SMARTS) is 1. The van der Waals surface area contributed by atoms with E-state index in [1.165, 1.54) is 0 Å². The van der Waals surface area contributed by atoms with Crippen LogP contribution in [0.15, 0.2) is 6.20 Å². The van der Waals surface area contributed by atoms with E-state index in [4.69, 9.17) is 5.11 Å². The molecule has 2 aliphatic rings. The molecular weight excluding hydrogens is 296 g/mol. The summed E-state index contributed by atoms with van der Waals surface area (Å²) in [7, 11) is 0. The van der Waals surface area contributed by atoms with Crippen molar-refractivity contribution < 1.29 is 14.7 Å². The van der Waals surface area contributed by atoms with Gasteiger partial charge in [0.25, 0.3) is 0 Å². The highest BCUT2D eigenvalue weighted by Crippen LogP contribution is 2.43. The Kier molecular flexibility index (Phi) is 4.28. The van der Waals surface area contributed by atoms with Crippen molar-refractivity contribution in [3.63, 3.8) is 0 Å². The second kappa shape index (κ2) is 6.22. The van der Waals surface area contributed by atoms with Crippen LogP contribution in [0.25, 0.3) is 0 Å². The summed E-state index contributed by atoms with van der Waals surface area (Å²) in [5.74, 6) is -0.307. The minimum Gasteiger partial charge on any atom is -0.481 e. The maximum Gasteiger partial charge on any atom is 0.321 e. The lowest BCUT2D eigenvalue weighted by Gasteiger charge is -2.17. The van der Waals surface area contributed by atoms with Gasteiger partial charge in [-0.1, -0.05) is 13.8 Å². The molecule has 1 saturated carbocycles. The number of nitrogens with zero attached hydrogens (tertiary/aromatic N) is 3. The van der Waals surface area contributed by atoms with Crippen LogP contribution in [-0.2, 0) is 11.3 Å². The smallest absolute Gasteiger partial charge is 0.321 e. The van der Waals surface area contributed by atoms with Crippen LogP contribution in [0.5, 0.6) is 0 Å². The number of rotatable bonds is 5. The molecule has 1 aliphatic heterocycles. The van der Waals surface area contributed by atoms with Crippen molar-refractivity contribution in [2.24, 2.45) is 11.8 Å². The van der Waals surface area contributed by atoms with Gasteiger partial charge in [0.05, 0.1) is 23.5 Å². The van der Waals surface area contributed by atoms with Crippen molar-refractivity contribution in [3.8, 4) is 0 Å². The number of hydrogen-bond donors (Lipinski definition) is 2. The predicted molar refractivity (Wildman–Crippen MR) is 85.4 cm³/mol. The molecular formula is C16H24N4O3. The number of likely N-dealkylation sites (tertiary alicyclic amines) is 1. The molecule has 126 valence electrons. The first-order valence-electron chi connectivity index (χ1n) is 8.30. The van der Waals surface area contributed by atoms with E-state index in [9.17, 15) is 9.59 Å². The summed E-state index contributed by atoms with van der Waals surface area (Å²) in [6.07, 6.45) is 4.51. The van der Waals surface area contributed by atoms with E-state index in [2.05, 4.69) is 24.3 Å². The Morgan fingerprint density at radius 3 is 2.70 bits per heavy atom. The van der Waals surface area contributed by atoms with Gasteiger partial charge in [0.2, 0.25) is 0 Å². The molecule has 0 aromatic carbocycles. The second-order valence-electron chi connectivity index (χ2n) is 6.99. The van der Waals surface area contributed by atoms with Gasteiger partial charge in [-0.05, 0) is 25.2 Å². The van der Waals surface area contributed by atoms with Gasteiger partial charge in [-0.3, -0.25) is 9.48 Å². The lowest BCUT2D eigenvalue weighted by Crippen LogP contribution is -2.34. The Balaban J connectivity index is 1.69. The molecule has 0 bridgehead atoms. The van der Waals surface area contributed by atoms with Crippen LogP contribution in [0.4, 0.5) is 10.5 Å². The molecule has 2 fully saturated rings. The lowest BCUT2D eigenvalue weighted by molar-refractivity contribution is -0.141. The van der Waals surface area contributed by atoms with Crippen LogP contribution in [0.2, 0.25) is 0 Å². The Labute approximate surface area is 135 Å². The molecule has 2 amide bonds. The molecule has 0 spiro atoms. The highest BCUT2D eigenvalue weighted by molar-refractivity contribution is 5.90. The number of carboxylic acids is 1. The quantitative estimate of drug-likeness (QED) is 0.872. The molecule has 2 N–H and O–H groups in total. The van der Waals surface area contributed by atoms with Gasteiger partial charge >= 0.3 is 12.0 Å². The van der Waals surface area contributed by atoms with E-state index in [0.717, 1.165) is 30.8 Å². The number of hydrogen-bond acceptors (Lipinski definition) is 3. The van der Waals surface area contributed by atoms with Crippen molar-refractivity contribution in [1.29, 1.82) is 0 Å². The first-order chi connectivity index (χ1) is 11.0. The molecule has 7 nitrogen and oxygen atoms in total. The highest BCUT2D eigenvalue weighted by Gasteiger charge is 2.34. The zero-order valence-electron chi connectivity index (χ0n) is 13.7. The molecule has 0 radical (unpaired) electrons. The Hall–Kier alpha value is -2.05. The summed E-state index contributed by atoms with van der Waals surface area (Å²) in [6, 6.07) is -0.222. The van der Waals surface area contributed by atoms with Gasteiger partial charge < -0.3 is 15.3 Å². The first-order valence-corrected chi connectivity index (χ1v) is 8.30. The van der Waals surface area contributed by atoms with Gasteiger partial charge in [-0.2, -0.15) is 5.10 Å². The maximum atomic E-state index is 12.4. The fourth-order valence-electron chi connectivity index (χ4n) is 3.11. The summed E-state index contributed by atoms with van der Waals surface area (Å²) >= 11 is 0. The molecule has 7 heteroatoms. The summed E-state index contributed by atoms with van der Waals surface area (Å²) in [5, 5.41) is 16.4. The SMILES string of the molecule is CC(C)Cn1ncc(NC(=O)N2CCC(C(=O)O)C2)c1C1CC1. The van der Waals surface area contributed by atoms with Gasteiger partial charge in [0.15, 0.2) is 0 Å². The molecule has 23 heavy (non-hydrogen) atoms. The number of amides is 2.